The maximum atomic E-state index is 12.1. The van der Waals surface area contributed by atoms with Crippen molar-refractivity contribution in [2.45, 2.75) is 6.92 Å². The van der Waals surface area contributed by atoms with Crippen LogP contribution in [0.4, 0.5) is 4.79 Å². The molecule has 0 saturated carbocycles. The third kappa shape index (κ3) is 2.02. The van der Waals surface area contributed by atoms with E-state index in [9.17, 15) is 14.4 Å². The molecule has 1 aliphatic heterocycles. The highest BCUT2D eigenvalue weighted by Gasteiger charge is 2.40. The number of hydrogen-bond acceptors (Lipinski definition) is 3. The van der Waals surface area contributed by atoms with Crippen molar-refractivity contribution in [1.29, 1.82) is 0 Å². The van der Waals surface area contributed by atoms with Gasteiger partial charge >= 0.3 is 6.09 Å². The Kier molecular flexibility index (Phi) is 3.21. The molecule has 1 N–H and O–H groups in total. The normalized spacial score (nSPS) is 12.8. The van der Waals surface area contributed by atoms with Gasteiger partial charge in [-0.05, 0) is 19.1 Å². The minimum absolute atomic E-state index is 0.197. The van der Waals surface area contributed by atoms with Gasteiger partial charge in [-0.1, -0.05) is 18.1 Å². The number of benzene rings is 1. The predicted molar refractivity (Wildman–Crippen MR) is 65.1 cm³/mol. The zero-order valence-corrected chi connectivity index (χ0v) is 10.1. The van der Waals surface area contributed by atoms with Crippen LogP contribution >= 0.6 is 0 Å². The van der Waals surface area contributed by atoms with Crippen LogP contribution in [0.1, 0.15) is 27.6 Å². The van der Waals surface area contributed by atoms with Crippen LogP contribution in [0.3, 0.4) is 0 Å². The minimum Gasteiger partial charge on any atom is -0.464 e. The molecule has 6 nitrogen and oxygen atoms in total. The van der Waals surface area contributed by atoms with Crippen LogP contribution in [0, 0.1) is 11.8 Å². The molecule has 2 rings (SSSR count). The van der Waals surface area contributed by atoms with Crippen molar-refractivity contribution in [3.63, 3.8) is 0 Å². The van der Waals surface area contributed by atoms with E-state index in [1.54, 1.807) is 19.1 Å². The van der Waals surface area contributed by atoms with Crippen LogP contribution in [0.15, 0.2) is 24.3 Å². The van der Waals surface area contributed by atoms with Crippen molar-refractivity contribution < 1.29 is 19.5 Å². The smallest absolute Gasteiger partial charge is 0.427 e. The summed E-state index contributed by atoms with van der Waals surface area (Å²) >= 11 is 0. The first-order chi connectivity index (χ1) is 9.07. The molecule has 0 aliphatic carbocycles. The topological polar surface area (TPSA) is 77.9 Å². The highest BCUT2D eigenvalue weighted by molar-refractivity contribution is 6.21. The Morgan fingerprint density at radius 1 is 1.26 bits per heavy atom. The van der Waals surface area contributed by atoms with Gasteiger partial charge in [-0.2, -0.15) is 10.0 Å². The maximum absolute atomic E-state index is 12.1. The number of nitrogens with zero attached hydrogens (tertiary/aromatic N) is 2. The van der Waals surface area contributed by atoms with E-state index in [0.29, 0.717) is 10.0 Å². The fourth-order valence-corrected chi connectivity index (χ4v) is 1.77. The second-order valence-corrected chi connectivity index (χ2v) is 3.73. The Labute approximate surface area is 109 Å². The lowest BCUT2D eigenvalue weighted by atomic mass is 10.1. The summed E-state index contributed by atoms with van der Waals surface area (Å²) in [5.74, 6) is 3.74. The van der Waals surface area contributed by atoms with Crippen LogP contribution in [0.25, 0.3) is 0 Å². The second-order valence-electron chi connectivity index (χ2n) is 3.73. The van der Waals surface area contributed by atoms with Gasteiger partial charge in [-0.3, -0.25) is 9.59 Å². The van der Waals surface area contributed by atoms with E-state index in [4.69, 9.17) is 5.11 Å². The van der Waals surface area contributed by atoms with Crippen LogP contribution < -0.4 is 0 Å². The summed E-state index contributed by atoms with van der Waals surface area (Å²) < 4.78 is 0. The second kappa shape index (κ2) is 4.82. The fraction of sp³-hybridized carbons (Fsp3) is 0.154. The summed E-state index contributed by atoms with van der Waals surface area (Å²) in [6, 6.07) is 6.21. The van der Waals surface area contributed by atoms with Gasteiger partial charge in [0, 0.05) is 0 Å². The lowest BCUT2D eigenvalue weighted by Gasteiger charge is -2.24. The molecule has 1 aliphatic rings. The first kappa shape index (κ1) is 12.6. The number of carbonyl (C=O) groups is 3. The first-order valence-corrected chi connectivity index (χ1v) is 5.45. The van der Waals surface area contributed by atoms with Crippen molar-refractivity contribution in [2.24, 2.45) is 0 Å². The highest BCUT2D eigenvalue weighted by Crippen LogP contribution is 2.23. The molecule has 0 radical (unpaired) electrons. The molecule has 6 heteroatoms. The zero-order chi connectivity index (χ0) is 14.0. The first-order valence-electron chi connectivity index (χ1n) is 5.45. The van der Waals surface area contributed by atoms with E-state index >= 15 is 0 Å². The molecule has 1 heterocycles. The van der Waals surface area contributed by atoms with E-state index in [1.807, 2.05) is 0 Å². The average Bonchev–Trinajstić information content (AvgIpc) is 2.64. The van der Waals surface area contributed by atoms with Crippen molar-refractivity contribution in [3.05, 3.63) is 35.4 Å². The van der Waals surface area contributed by atoms with Gasteiger partial charge in [0.15, 0.2) is 0 Å². The van der Waals surface area contributed by atoms with E-state index in [2.05, 4.69) is 11.8 Å². The number of amides is 3. The van der Waals surface area contributed by atoms with Crippen LogP contribution in [-0.2, 0) is 0 Å². The Balaban J connectivity index is 2.41. The van der Waals surface area contributed by atoms with Gasteiger partial charge in [0.05, 0.1) is 11.1 Å². The van der Waals surface area contributed by atoms with E-state index < -0.39 is 17.9 Å². The monoisotopic (exact) mass is 258 g/mol. The summed E-state index contributed by atoms with van der Waals surface area (Å²) in [5.41, 5.74) is 0.395. The van der Waals surface area contributed by atoms with Crippen molar-refractivity contribution >= 4 is 17.9 Å². The van der Waals surface area contributed by atoms with E-state index in [-0.39, 0.29) is 17.7 Å². The quantitative estimate of drug-likeness (QED) is 0.638. The summed E-state index contributed by atoms with van der Waals surface area (Å²) in [6.07, 6.45) is -1.41. The average molecular weight is 258 g/mol. The molecule has 0 aromatic heterocycles. The summed E-state index contributed by atoms with van der Waals surface area (Å²) in [4.78, 5) is 35.3. The fourth-order valence-electron chi connectivity index (χ4n) is 1.77. The third-order valence-electron chi connectivity index (χ3n) is 2.64. The SMILES string of the molecule is CC#CCN(C(=O)O)N1C(=O)c2ccccc2C1=O. The number of carboxylic acid groups (broad SMARTS) is 1. The summed E-state index contributed by atoms with van der Waals surface area (Å²) in [6.45, 7) is 1.31. The van der Waals surface area contributed by atoms with Crippen molar-refractivity contribution in [2.75, 3.05) is 6.54 Å². The third-order valence-corrected chi connectivity index (χ3v) is 2.64. The van der Waals surface area contributed by atoms with Crippen molar-refractivity contribution in [3.8, 4) is 11.8 Å². The Bertz CT molecular complexity index is 592. The number of fused-ring (bicyclic) bond motifs is 1. The number of hydrazine groups is 1. The highest BCUT2D eigenvalue weighted by atomic mass is 16.4. The van der Waals surface area contributed by atoms with Gasteiger partial charge in [0.25, 0.3) is 11.8 Å². The van der Waals surface area contributed by atoms with Gasteiger partial charge in [-0.15, -0.1) is 5.92 Å². The number of hydrogen-bond donors (Lipinski definition) is 1. The predicted octanol–water partition coefficient (Wildman–Crippen LogP) is 1.20. The molecular weight excluding hydrogens is 248 g/mol. The van der Waals surface area contributed by atoms with Gasteiger partial charge in [0.2, 0.25) is 0 Å². The number of imide groups is 1. The summed E-state index contributed by atoms with van der Waals surface area (Å²) in [7, 11) is 0. The van der Waals surface area contributed by atoms with E-state index in [1.165, 1.54) is 12.1 Å². The molecule has 0 atom stereocenters. The maximum Gasteiger partial charge on any atom is 0.427 e. The largest absolute Gasteiger partial charge is 0.464 e. The van der Waals surface area contributed by atoms with Gasteiger partial charge in [-0.25, -0.2) is 4.79 Å². The zero-order valence-electron chi connectivity index (χ0n) is 10.1. The standard InChI is InChI=1S/C13H10N2O4/c1-2-3-8-14(13(18)19)15-11(16)9-6-4-5-7-10(9)12(15)17/h4-7H,8H2,1H3,(H,18,19). The lowest BCUT2D eigenvalue weighted by molar-refractivity contribution is 0.0117. The molecule has 0 bridgehead atoms. The van der Waals surface area contributed by atoms with Crippen molar-refractivity contribution in [1.82, 2.24) is 10.0 Å². The molecule has 3 amide bonds. The molecule has 0 spiro atoms. The molecule has 19 heavy (non-hydrogen) atoms. The Morgan fingerprint density at radius 2 is 1.79 bits per heavy atom. The Morgan fingerprint density at radius 3 is 2.21 bits per heavy atom. The molecule has 0 unspecified atom stereocenters. The molecule has 0 saturated heterocycles. The minimum atomic E-state index is -1.41. The summed E-state index contributed by atoms with van der Waals surface area (Å²) in [5, 5.41) is 10.3. The molecular formula is C13H10N2O4. The van der Waals surface area contributed by atoms with E-state index in [0.717, 1.165) is 0 Å². The lowest BCUT2D eigenvalue weighted by Crippen LogP contribution is -2.49. The van der Waals surface area contributed by atoms with Gasteiger partial charge in [0.1, 0.15) is 6.54 Å². The Hall–Kier alpha value is -2.81. The molecule has 1 aromatic carbocycles. The van der Waals surface area contributed by atoms with Crippen LogP contribution in [0.5, 0.6) is 0 Å². The number of rotatable bonds is 2. The number of carbonyl (C=O) groups excluding carboxylic acids is 2. The molecule has 1 aromatic rings. The molecule has 96 valence electrons. The van der Waals surface area contributed by atoms with Crippen LogP contribution in [0.2, 0.25) is 0 Å². The van der Waals surface area contributed by atoms with Gasteiger partial charge < -0.3 is 5.11 Å². The van der Waals surface area contributed by atoms with Crippen LogP contribution in [-0.4, -0.2) is 39.6 Å². The molecule has 0 fully saturated rings.